The first-order valence-corrected chi connectivity index (χ1v) is 8.78. The predicted molar refractivity (Wildman–Crippen MR) is 85.3 cm³/mol. The molecule has 1 aliphatic rings. The molecule has 0 radical (unpaired) electrons. The minimum absolute atomic E-state index is 0.0195. The highest BCUT2D eigenvalue weighted by atomic mass is 32.2. The van der Waals surface area contributed by atoms with Crippen molar-refractivity contribution in [1.82, 2.24) is 0 Å². The summed E-state index contributed by atoms with van der Waals surface area (Å²) in [5, 5.41) is 0. The van der Waals surface area contributed by atoms with E-state index in [-0.39, 0.29) is 6.04 Å². The highest BCUT2D eigenvalue weighted by Crippen LogP contribution is 2.33. The van der Waals surface area contributed by atoms with Gasteiger partial charge in [0, 0.05) is 10.6 Å². The largest absolute Gasteiger partial charge is 0.465 e. The van der Waals surface area contributed by atoms with Gasteiger partial charge in [-0.1, -0.05) is 30.3 Å². The minimum Gasteiger partial charge on any atom is -0.465 e. The first-order valence-electron chi connectivity index (χ1n) is 7.10. The molecule has 1 aliphatic heterocycles. The summed E-state index contributed by atoms with van der Waals surface area (Å²) in [4.78, 5) is 12.1. The number of ether oxygens (including phenoxy) is 1. The van der Waals surface area contributed by atoms with E-state index in [1.807, 2.05) is 30.3 Å². The third-order valence-corrected chi connectivity index (χ3v) is 6.19. The molecular formula is C17H17NO3S. The molecule has 3 rings (SSSR count). The Morgan fingerprint density at radius 2 is 1.82 bits per heavy atom. The number of rotatable bonds is 3. The maximum atomic E-state index is 13.0. The van der Waals surface area contributed by atoms with Crippen LogP contribution >= 0.6 is 0 Å². The molecular weight excluding hydrogens is 298 g/mol. The molecule has 2 aromatic carbocycles. The normalized spacial score (nSPS) is 23.8. The lowest BCUT2D eigenvalue weighted by Gasteiger charge is -2.06. The number of nitrogens with zero attached hydrogens (tertiary/aromatic N) is 1. The summed E-state index contributed by atoms with van der Waals surface area (Å²) in [7, 11) is -1.07. The average molecular weight is 315 g/mol. The number of esters is 1. The third-order valence-electron chi connectivity index (χ3n) is 3.79. The van der Waals surface area contributed by atoms with Crippen LogP contribution in [-0.2, 0) is 14.5 Å². The van der Waals surface area contributed by atoms with Gasteiger partial charge in [0.15, 0.2) is 0 Å². The highest BCUT2D eigenvalue weighted by molar-refractivity contribution is 7.93. The fourth-order valence-electron chi connectivity index (χ4n) is 2.59. The molecule has 0 saturated heterocycles. The molecule has 0 unspecified atom stereocenters. The minimum atomic E-state index is -2.41. The molecule has 2 atom stereocenters. The Hall–Kier alpha value is -2.14. The molecule has 4 nitrogen and oxygen atoms in total. The van der Waals surface area contributed by atoms with Crippen molar-refractivity contribution in [1.29, 1.82) is 0 Å². The van der Waals surface area contributed by atoms with Crippen molar-refractivity contribution in [2.45, 2.75) is 17.4 Å². The summed E-state index contributed by atoms with van der Waals surface area (Å²) in [5.41, 5.74) is 1.55. The van der Waals surface area contributed by atoms with Gasteiger partial charge in [0.2, 0.25) is 0 Å². The fraction of sp³-hybridized carbons (Fsp3) is 0.235. The maximum Gasteiger partial charge on any atom is 0.337 e. The molecule has 0 N–H and O–H groups in total. The highest BCUT2D eigenvalue weighted by Gasteiger charge is 2.26. The molecule has 0 saturated carbocycles. The van der Waals surface area contributed by atoms with Crippen molar-refractivity contribution < 1.29 is 13.7 Å². The van der Waals surface area contributed by atoms with Crippen molar-refractivity contribution in [3.63, 3.8) is 0 Å². The molecule has 114 valence electrons. The van der Waals surface area contributed by atoms with E-state index in [0.29, 0.717) is 16.2 Å². The number of benzene rings is 2. The Bertz CT molecular complexity index is 790. The van der Waals surface area contributed by atoms with E-state index in [1.54, 1.807) is 24.3 Å². The van der Waals surface area contributed by atoms with E-state index < -0.39 is 15.7 Å². The summed E-state index contributed by atoms with van der Waals surface area (Å²) in [6.45, 7) is 0. The van der Waals surface area contributed by atoms with E-state index in [1.165, 1.54) is 7.11 Å². The van der Waals surface area contributed by atoms with Gasteiger partial charge in [0.25, 0.3) is 0 Å². The first-order chi connectivity index (χ1) is 10.6. The molecule has 0 aliphatic carbocycles. The van der Waals surface area contributed by atoms with E-state index in [2.05, 4.69) is 9.10 Å². The molecule has 0 bridgehead atoms. The average Bonchev–Trinajstić information content (AvgIpc) is 2.99. The van der Waals surface area contributed by atoms with E-state index in [9.17, 15) is 9.00 Å². The van der Waals surface area contributed by atoms with E-state index in [0.717, 1.165) is 12.0 Å². The lowest BCUT2D eigenvalue weighted by Crippen LogP contribution is -2.04. The second-order valence-corrected chi connectivity index (χ2v) is 7.55. The van der Waals surface area contributed by atoms with Crippen LogP contribution in [0.2, 0.25) is 0 Å². The Morgan fingerprint density at radius 1 is 1.14 bits per heavy atom. The lowest BCUT2D eigenvalue weighted by atomic mass is 10.1. The summed E-state index contributed by atoms with van der Waals surface area (Å²) >= 11 is 0. The Balaban J connectivity index is 1.91. The SMILES string of the molecule is COC(=O)c1ccc([S@]2(=O)=N[C@@H](c3ccccc3)CC2)cc1. The van der Waals surface area contributed by atoms with Crippen LogP contribution in [0.1, 0.15) is 28.4 Å². The molecule has 22 heavy (non-hydrogen) atoms. The number of hydrogen-bond donors (Lipinski definition) is 0. The summed E-state index contributed by atoms with van der Waals surface area (Å²) in [5.74, 6) is 0.149. The number of carbonyl (C=O) groups excluding carboxylic acids is 1. The second-order valence-electron chi connectivity index (χ2n) is 5.18. The van der Waals surface area contributed by atoms with Crippen molar-refractivity contribution in [2.75, 3.05) is 12.9 Å². The molecule has 0 amide bonds. The zero-order chi connectivity index (χ0) is 15.6. The maximum absolute atomic E-state index is 13.0. The number of carbonyl (C=O) groups is 1. The van der Waals surface area contributed by atoms with E-state index >= 15 is 0 Å². The molecule has 0 spiro atoms. The zero-order valence-corrected chi connectivity index (χ0v) is 13.1. The van der Waals surface area contributed by atoms with Gasteiger partial charge in [0.1, 0.15) is 0 Å². The summed E-state index contributed by atoms with van der Waals surface area (Å²) in [6.07, 6.45) is 0.779. The smallest absolute Gasteiger partial charge is 0.337 e. The van der Waals surface area contributed by atoms with Gasteiger partial charge in [-0.05, 0) is 36.2 Å². The zero-order valence-electron chi connectivity index (χ0n) is 12.3. The molecule has 0 aromatic heterocycles. The van der Waals surface area contributed by atoms with Gasteiger partial charge < -0.3 is 4.74 Å². The van der Waals surface area contributed by atoms with Crippen LogP contribution in [0.3, 0.4) is 0 Å². The van der Waals surface area contributed by atoms with Gasteiger partial charge >= 0.3 is 5.97 Å². The molecule has 1 heterocycles. The Morgan fingerprint density at radius 3 is 2.45 bits per heavy atom. The van der Waals surface area contributed by atoms with Crippen LogP contribution in [-0.4, -0.2) is 23.0 Å². The third kappa shape index (κ3) is 2.76. The Kier molecular flexibility index (Phi) is 3.98. The van der Waals surface area contributed by atoms with Crippen LogP contribution in [0, 0.1) is 0 Å². The van der Waals surface area contributed by atoms with Gasteiger partial charge in [-0.15, -0.1) is 0 Å². The quantitative estimate of drug-likeness (QED) is 0.815. The molecule has 0 fully saturated rings. The molecule has 2 aromatic rings. The van der Waals surface area contributed by atoms with Crippen LogP contribution in [0.25, 0.3) is 0 Å². The first kappa shape index (κ1) is 14.8. The van der Waals surface area contributed by atoms with Crippen LogP contribution in [0.15, 0.2) is 63.9 Å². The monoisotopic (exact) mass is 315 g/mol. The fourth-order valence-corrected chi connectivity index (χ4v) is 4.79. The van der Waals surface area contributed by atoms with E-state index in [4.69, 9.17) is 0 Å². The topological polar surface area (TPSA) is 55.7 Å². The van der Waals surface area contributed by atoms with Crippen LogP contribution in [0.4, 0.5) is 0 Å². The second kappa shape index (κ2) is 5.93. The van der Waals surface area contributed by atoms with Gasteiger partial charge in [-0.25, -0.2) is 13.4 Å². The summed E-state index contributed by atoms with van der Waals surface area (Å²) < 4.78 is 22.3. The van der Waals surface area contributed by atoms with Gasteiger partial charge in [-0.2, -0.15) is 0 Å². The standard InChI is InChI=1S/C17H17NO3S/c1-21-17(19)14-7-9-15(10-8-14)22(20)12-11-16(18-22)13-5-3-2-4-6-13/h2-10,16H,11-12H2,1H3/t16-,22+/m1/s1. The lowest BCUT2D eigenvalue weighted by molar-refractivity contribution is 0.0600. The van der Waals surface area contributed by atoms with Crippen molar-refractivity contribution >= 4 is 15.7 Å². The number of hydrogen-bond acceptors (Lipinski definition) is 4. The van der Waals surface area contributed by atoms with Gasteiger partial charge in [-0.3, -0.25) is 0 Å². The predicted octanol–water partition coefficient (Wildman–Crippen LogP) is 3.45. The van der Waals surface area contributed by atoms with Crippen molar-refractivity contribution in [3.05, 3.63) is 65.7 Å². The van der Waals surface area contributed by atoms with Crippen molar-refractivity contribution in [3.8, 4) is 0 Å². The summed E-state index contributed by atoms with van der Waals surface area (Å²) in [6, 6.07) is 16.6. The van der Waals surface area contributed by atoms with Crippen LogP contribution in [0.5, 0.6) is 0 Å². The Labute approximate surface area is 130 Å². The van der Waals surface area contributed by atoms with Gasteiger partial charge in [0.05, 0.1) is 28.4 Å². The van der Waals surface area contributed by atoms with Crippen LogP contribution < -0.4 is 0 Å². The molecule has 5 heteroatoms. The number of methoxy groups -OCH3 is 1. The van der Waals surface area contributed by atoms with Crippen molar-refractivity contribution in [2.24, 2.45) is 4.36 Å².